The summed E-state index contributed by atoms with van der Waals surface area (Å²) in [5.74, 6) is 0.879. The maximum Gasteiger partial charge on any atom is 0.128 e. The van der Waals surface area contributed by atoms with Crippen molar-refractivity contribution in [2.24, 2.45) is 0 Å². The molecule has 1 atom stereocenters. The summed E-state index contributed by atoms with van der Waals surface area (Å²) in [6.07, 6.45) is 3.37. The molecule has 2 rings (SSSR count). The number of aliphatic hydroxyl groups excluding tert-OH is 1. The van der Waals surface area contributed by atoms with Gasteiger partial charge in [-0.15, -0.1) is 0 Å². The quantitative estimate of drug-likeness (QED) is 0.862. The highest BCUT2D eigenvalue weighted by Gasteiger charge is 2.32. The van der Waals surface area contributed by atoms with Gasteiger partial charge in [-0.25, -0.2) is 0 Å². The number of hydrogen-bond acceptors (Lipinski definition) is 5. The molecule has 1 aromatic rings. The summed E-state index contributed by atoms with van der Waals surface area (Å²) in [7, 11) is 1.67. The van der Waals surface area contributed by atoms with Crippen molar-refractivity contribution >= 4 is 0 Å². The Kier molecular flexibility index (Phi) is 4.62. The van der Waals surface area contributed by atoms with E-state index in [2.05, 4.69) is 9.88 Å². The van der Waals surface area contributed by atoms with Crippen LogP contribution in [0.25, 0.3) is 0 Å². The Morgan fingerprint density at radius 3 is 2.85 bits per heavy atom. The Morgan fingerprint density at radius 1 is 1.45 bits per heavy atom. The molecule has 20 heavy (non-hydrogen) atoms. The molecule has 0 radical (unpaired) electrons. The number of methoxy groups -OCH3 is 1. The molecule has 5 heteroatoms. The van der Waals surface area contributed by atoms with Crippen LogP contribution >= 0.6 is 0 Å². The zero-order valence-corrected chi connectivity index (χ0v) is 12.5. The lowest BCUT2D eigenvalue weighted by atomic mass is 9.93. The van der Waals surface area contributed by atoms with E-state index in [1.807, 2.05) is 20.0 Å². The number of likely N-dealkylation sites (tertiary alicyclic amines) is 1. The van der Waals surface area contributed by atoms with Gasteiger partial charge in [0.05, 0.1) is 19.4 Å². The number of rotatable bonds is 4. The van der Waals surface area contributed by atoms with Gasteiger partial charge in [0, 0.05) is 30.4 Å². The first kappa shape index (κ1) is 15.2. The molecule has 2 heterocycles. The number of hydrogen-bond donors (Lipinski definition) is 2. The molecule has 1 fully saturated rings. The molecule has 1 saturated heterocycles. The third-order valence-electron chi connectivity index (χ3n) is 4.05. The van der Waals surface area contributed by atoms with Crippen LogP contribution in [0.15, 0.2) is 6.20 Å². The van der Waals surface area contributed by atoms with Crippen LogP contribution in [0.5, 0.6) is 5.75 Å². The van der Waals surface area contributed by atoms with Crippen LogP contribution in [0.3, 0.4) is 0 Å². The maximum absolute atomic E-state index is 10.2. The zero-order chi connectivity index (χ0) is 14.8. The summed E-state index contributed by atoms with van der Waals surface area (Å²) in [6.45, 7) is 5.88. The van der Waals surface area contributed by atoms with E-state index >= 15 is 0 Å². The number of pyridine rings is 1. The molecule has 0 spiro atoms. The van der Waals surface area contributed by atoms with Crippen LogP contribution < -0.4 is 4.74 Å². The van der Waals surface area contributed by atoms with E-state index in [1.165, 1.54) is 0 Å². The minimum Gasteiger partial charge on any atom is -0.496 e. The van der Waals surface area contributed by atoms with Gasteiger partial charge < -0.3 is 14.9 Å². The topological polar surface area (TPSA) is 65.8 Å². The molecule has 0 amide bonds. The van der Waals surface area contributed by atoms with Crippen molar-refractivity contribution < 1.29 is 14.9 Å². The fourth-order valence-corrected chi connectivity index (χ4v) is 2.91. The van der Waals surface area contributed by atoms with E-state index in [4.69, 9.17) is 4.74 Å². The van der Waals surface area contributed by atoms with Crippen molar-refractivity contribution in [3.8, 4) is 5.75 Å². The van der Waals surface area contributed by atoms with Gasteiger partial charge in [0.2, 0.25) is 0 Å². The fraction of sp³-hybridized carbons (Fsp3) is 0.667. The summed E-state index contributed by atoms with van der Waals surface area (Å²) in [5.41, 5.74) is 2.07. The molecule has 2 N–H and O–H groups in total. The second kappa shape index (κ2) is 6.08. The van der Waals surface area contributed by atoms with Gasteiger partial charge in [0.15, 0.2) is 0 Å². The number of aromatic nitrogens is 1. The summed E-state index contributed by atoms with van der Waals surface area (Å²) in [5, 5.41) is 19.5. The Labute approximate surface area is 120 Å². The molecular formula is C15H24N2O3. The van der Waals surface area contributed by atoms with Gasteiger partial charge >= 0.3 is 0 Å². The third kappa shape index (κ3) is 3.11. The van der Waals surface area contributed by atoms with E-state index in [1.54, 1.807) is 7.11 Å². The van der Waals surface area contributed by atoms with Gasteiger partial charge in [-0.1, -0.05) is 0 Å². The minimum absolute atomic E-state index is 0.187. The molecule has 1 aliphatic rings. The zero-order valence-electron chi connectivity index (χ0n) is 12.5. The van der Waals surface area contributed by atoms with Gasteiger partial charge in [-0.05, 0) is 33.2 Å². The summed E-state index contributed by atoms with van der Waals surface area (Å²) in [6, 6.07) is 0. The number of β-amino-alcohol motifs (C(OH)–C–C–N with tert-alkyl or cyclic N) is 1. The van der Waals surface area contributed by atoms with Gasteiger partial charge in [-0.3, -0.25) is 9.88 Å². The van der Waals surface area contributed by atoms with Crippen molar-refractivity contribution in [1.82, 2.24) is 9.88 Å². The first-order chi connectivity index (χ1) is 9.49. The molecule has 112 valence electrons. The lowest BCUT2D eigenvalue weighted by molar-refractivity contribution is -0.0689. The van der Waals surface area contributed by atoms with Crippen LogP contribution in [0.1, 0.15) is 29.7 Å². The lowest BCUT2D eigenvalue weighted by Crippen LogP contribution is -2.50. The van der Waals surface area contributed by atoms with E-state index in [9.17, 15) is 10.2 Å². The highest BCUT2D eigenvalue weighted by atomic mass is 16.5. The average molecular weight is 280 g/mol. The number of nitrogens with zero attached hydrogens (tertiary/aromatic N) is 2. The first-order valence-electron chi connectivity index (χ1n) is 7.04. The number of aryl methyl sites for hydroxylation is 1. The Balaban J connectivity index is 2.14. The molecule has 0 unspecified atom stereocenters. The van der Waals surface area contributed by atoms with Crippen molar-refractivity contribution in [3.63, 3.8) is 0 Å². The van der Waals surface area contributed by atoms with E-state index in [-0.39, 0.29) is 6.61 Å². The lowest BCUT2D eigenvalue weighted by Gasteiger charge is -2.38. The van der Waals surface area contributed by atoms with Gasteiger partial charge in [0.1, 0.15) is 11.4 Å². The molecule has 0 saturated carbocycles. The average Bonchev–Trinajstić information content (AvgIpc) is 2.43. The molecule has 0 aromatic carbocycles. The Hall–Kier alpha value is -1.17. The normalized spacial score (nSPS) is 23.9. The molecule has 1 aliphatic heterocycles. The van der Waals surface area contributed by atoms with E-state index in [0.717, 1.165) is 35.5 Å². The van der Waals surface area contributed by atoms with Crippen molar-refractivity contribution in [3.05, 3.63) is 23.0 Å². The third-order valence-corrected chi connectivity index (χ3v) is 4.05. The second-order valence-corrected chi connectivity index (χ2v) is 5.74. The SMILES string of the molecule is COc1c(C)cnc(CN2CCC[C@@](O)(CO)C2)c1C. The predicted molar refractivity (Wildman–Crippen MR) is 76.8 cm³/mol. The van der Waals surface area contributed by atoms with Crippen molar-refractivity contribution in [2.45, 2.75) is 38.8 Å². The predicted octanol–water partition coefficient (Wildman–Crippen LogP) is 1.03. The van der Waals surface area contributed by atoms with E-state index in [0.29, 0.717) is 19.5 Å². The van der Waals surface area contributed by atoms with Crippen LogP contribution in [0, 0.1) is 13.8 Å². The van der Waals surface area contributed by atoms with Gasteiger partial charge in [0.25, 0.3) is 0 Å². The van der Waals surface area contributed by atoms with E-state index < -0.39 is 5.60 Å². The molecule has 5 nitrogen and oxygen atoms in total. The first-order valence-corrected chi connectivity index (χ1v) is 7.04. The monoisotopic (exact) mass is 280 g/mol. The smallest absolute Gasteiger partial charge is 0.128 e. The molecule has 1 aromatic heterocycles. The molecule has 0 bridgehead atoms. The van der Waals surface area contributed by atoms with Crippen LogP contribution in [0.4, 0.5) is 0 Å². The van der Waals surface area contributed by atoms with Crippen LogP contribution in [-0.4, -0.2) is 52.5 Å². The summed E-state index contributed by atoms with van der Waals surface area (Å²) < 4.78 is 5.42. The standard InChI is InChI=1S/C15H24N2O3/c1-11-7-16-13(12(2)14(11)20-3)8-17-6-4-5-15(19,9-17)10-18/h7,18-19H,4-6,8-10H2,1-3H3/t15-/m0/s1. The number of ether oxygens (including phenoxy) is 1. The van der Waals surface area contributed by atoms with Crippen molar-refractivity contribution in [2.75, 3.05) is 26.8 Å². The van der Waals surface area contributed by atoms with Gasteiger partial charge in [-0.2, -0.15) is 0 Å². The highest BCUT2D eigenvalue weighted by Crippen LogP contribution is 2.27. The largest absolute Gasteiger partial charge is 0.496 e. The van der Waals surface area contributed by atoms with Crippen molar-refractivity contribution in [1.29, 1.82) is 0 Å². The second-order valence-electron chi connectivity index (χ2n) is 5.74. The maximum atomic E-state index is 10.2. The Morgan fingerprint density at radius 2 is 2.20 bits per heavy atom. The highest BCUT2D eigenvalue weighted by molar-refractivity contribution is 5.41. The minimum atomic E-state index is -0.971. The molecular weight excluding hydrogens is 256 g/mol. The Bertz CT molecular complexity index is 478. The summed E-state index contributed by atoms with van der Waals surface area (Å²) in [4.78, 5) is 6.63. The number of piperidine rings is 1. The fourth-order valence-electron chi connectivity index (χ4n) is 2.91. The van der Waals surface area contributed by atoms with Crippen LogP contribution in [0.2, 0.25) is 0 Å². The molecule has 0 aliphatic carbocycles. The van der Waals surface area contributed by atoms with Crippen LogP contribution in [-0.2, 0) is 6.54 Å². The summed E-state index contributed by atoms with van der Waals surface area (Å²) >= 11 is 0. The number of aliphatic hydroxyl groups is 2.